The van der Waals surface area contributed by atoms with Gasteiger partial charge in [-0.25, -0.2) is 4.90 Å². The molecular weight excluding hydrogens is 472 g/mol. The summed E-state index contributed by atoms with van der Waals surface area (Å²) in [6, 6.07) is 12.1. The molecule has 0 unspecified atom stereocenters. The first kappa shape index (κ1) is 24.7. The molecule has 0 saturated carbocycles. The zero-order valence-corrected chi connectivity index (χ0v) is 21.2. The van der Waals surface area contributed by atoms with Gasteiger partial charge in [-0.3, -0.25) is 19.2 Å². The number of para-hydroxylation sites is 2. The van der Waals surface area contributed by atoms with E-state index in [4.69, 9.17) is 9.47 Å². The van der Waals surface area contributed by atoms with Gasteiger partial charge >= 0.3 is 5.97 Å². The fraction of sp³-hybridized carbons (Fsp3) is 0.379. The SMILES string of the molecule is CCOc1ccccc1N1C[C@H](C(=O)Oc2ccc(N3C(=O)[C@H]4[C@@H](C)C=CC[C@H]4C3=O)c(C)c2)CC1=O. The van der Waals surface area contributed by atoms with Gasteiger partial charge in [-0.2, -0.15) is 0 Å². The molecule has 2 saturated heterocycles. The standard InChI is InChI=1S/C29H30N2O6/c1-4-36-24-11-6-5-10-23(24)30-16-19(15-25(30)32)29(35)37-20-12-13-22(18(3)14-20)31-27(33)21-9-7-8-17(2)26(21)28(31)34/h5-8,10-14,17,19,21,26H,4,9,15-16H2,1-3H3/t17-,19+,21+,26-/m0/s1. The molecule has 3 aliphatic rings. The molecule has 4 atom stereocenters. The second kappa shape index (κ2) is 9.84. The van der Waals surface area contributed by atoms with Crippen molar-refractivity contribution in [2.75, 3.05) is 23.0 Å². The fourth-order valence-corrected chi connectivity index (χ4v) is 5.58. The van der Waals surface area contributed by atoms with Gasteiger partial charge in [0.25, 0.3) is 0 Å². The number of fused-ring (bicyclic) bond motifs is 1. The molecule has 2 aromatic carbocycles. The van der Waals surface area contributed by atoms with Gasteiger partial charge in [-0.1, -0.05) is 31.2 Å². The molecule has 2 aromatic rings. The summed E-state index contributed by atoms with van der Waals surface area (Å²) < 4.78 is 11.3. The van der Waals surface area contributed by atoms with E-state index in [9.17, 15) is 19.2 Å². The van der Waals surface area contributed by atoms with Crippen LogP contribution in [0.3, 0.4) is 0 Å². The second-order valence-corrected chi connectivity index (χ2v) is 9.84. The van der Waals surface area contributed by atoms with Crippen molar-refractivity contribution in [3.05, 3.63) is 60.2 Å². The Morgan fingerprint density at radius 2 is 1.84 bits per heavy atom. The molecule has 2 fully saturated rings. The third-order valence-corrected chi connectivity index (χ3v) is 7.41. The van der Waals surface area contributed by atoms with Gasteiger partial charge in [0.2, 0.25) is 17.7 Å². The average Bonchev–Trinajstić information content (AvgIpc) is 3.38. The highest BCUT2D eigenvalue weighted by atomic mass is 16.5. The molecule has 37 heavy (non-hydrogen) atoms. The Morgan fingerprint density at radius 1 is 1.05 bits per heavy atom. The van der Waals surface area contributed by atoms with Crippen LogP contribution in [0.4, 0.5) is 11.4 Å². The number of ether oxygens (including phenoxy) is 2. The molecule has 5 rings (SSSR count). The number of imide groups is 1. The number of amides is 3. The van der Waals surface area contributed by atoms with Crippen LogP contribution in [0.2, 0.25) is 0 Å². The Balaban J connectivity index is 1.29. The van der Waals surface area contributed by atoms with E-state index in [1.165, 1.54) is 4.90 Å². The van der Waals surface area contributed by atoms with Crippen LogP contribution in [0.25, 0.3) is 0 Å². The Labute approximate surface area is 215 Å². The summed E-state index contributed by atoms with van der Waals surface area (Å²) in [6.07, 6.45) is 4.58. The maximum atomic E-state index is 13.1. The van der Waals surface area contributed by atoms with Crippen LogP contribution in [-0.2, 0) is 19.2 Å². The van der Waals surface area contributed by atoms with E-state index >= 15 is 0 Å². The summed E-state index contributed by atoms with van der Waals surface area (Å²) in [5.74, 6) is -1.44. The van der Waals surface area contributed by atoms with Crippen molar-refractivity contribution in [3.8, 4) is 11.5 Å². The topological polar surface area (TPSA) is 93.2 Å². The lowest BCUT2D eigenvalue weighted by molar-refractivity contribution is -0.139. The number of allylic oxidation sites excluding steroid dienone is 2. The maximum Gasteiger partial charge on any atom is 0.316 e. The second-order valence-electron chi connectivity index (χ2n) is 9.84. The number of nitrogens with zero attached hydrogens (tertiary/aromatic N) is 2. The minimum absolute atomic E-state index is 0.00919. The highest BCUT2D eigenvalue weighted by Gasteiger charge is 2.50. The van der Waals surface area contributed by atoms with Crippen molar-refractivity contribution in [2.45, 2.75) is 33.6 Å². The van der Waals surface area contributed by atoms with Crippen LogP contribution in [0.5, 0.6) is 11.5 Å². The van der Waals surface area contributed by atoms with Crippen molar-refractivity contribution in [2.24, 2.45) is 23.7 Å². The number of carbonyl (C=O) groups is 4. The Kier molecular flexibility index (Phi) is 6.58. The largest absolute Gasteiger partial charge is 0.492 e. The predicted molar refractivity (Wildman–Crippen MR) is 137 cm³/mol. The first-order chi connectivity index (χ1) is 17.8. The van der Waals surface area contributed by atoms with E-state index in [1.807, 2.05) is 38.1 Å². The van der Waals surface area contributed by atoms with E-state index in [0.29, 0.717) is 41.5 Å². The van der Waals surface area contributed by atoms with Crippen molar-refractivity contribution in [1.29, 1.82) is 0 Å². The number of benzene rings is 2. The van der Waals surface area contributed by atoms with Gasteiger partial charge in [-0.05, 0) is 62.1 Å². The molecule has 0 N–H and O–H groups in total. The third kappa shape index (κ3) is 4.41. The summed E-state index contributed by atoms with van der Waals surface area (Å²) in [6.45, 7) is 6.27. The molecule has 0 spiro atoms. The van der Waals surface area contributed by atoms with E-state index in [-0.39, 0.29) is 48.4 Å². The molecule has 2 aliphatic heterocycles. The molecular formula is C29H30N2O6. The highest BCUT2D eigenvalue weighted by molar-refractivity contribution is 6.22. The van der Waals surface area contributed by atoms with Crippen molar-refractivity contribution >= 4 is 35.1 Å². The summed E-state index contributed by atoms with van der Waals surface area (Å²) in [5.41, 5.74) is 1.79. The zero-order chi connectivity index (χ0) is 26.3. The van der Waals surface area contributed by atoms with Crippen molar-refractivity contribution in [3.63, 3.8) is 0 Å². The van der Waals surface area contributed by atoms with Crippen LogP contribution in [0.15, 0.2) is 54.6 Å². The Morgan fingerprint density at radius 3 is 2.57 bits per heavy atom. The van der Waals surface area contributed by atoms with E-state index in [2.05, 4.69) is 0 Å². The first-order valence-electron chi connectivity index (χ1n) is 12.7. The number of hydrogen-bond donors (Lipinski definition) is 0. The number of rotatable bonds is 6. The number of anilines is 2. The number of esters is 1. The molecule has 2 heterocycles. The molecule has 3 amide bonds. The van der Waals surface area contributed by atoms with Gasteiger partial charge in [0.1, 0.15) is 11.5 Å². The minimum atomic E-state index is -0.624. The molecule has 0 bridgehead atoms. The normalized spacial score (nSPS) is 25.0. The van der Waals surface area contributed by atoms with E-state index < -0.39 is 11.9 Å². The van der Waals surface area contributed by atoms with Crippen LogP contribution < -0.4 is 19.3 Å². The number of hydrogen-bond acceptors (Lipinski definition) is 6. The summed E-state index contributed by atoms with van der Waals surface area (Å²) in [4.78, 5) is 54.7. The van der Waals surface area contributed by atoms with Gasteiger partial charge in [0.05, 0.1) is 35.7 Å². The van der Waals surface area contributed by atoms with E-state index in [1.54, 1.807) is 42.2 Å². The van der Waals surface area contributed by atoms with Crippen molar-refractivity contribution in [1.82, 2.24) is 0 Å². The minimum Gasteiger partial charge on any atom is -0.492 e. The molecule has 8 nitrogen and oxygen atoms in total. The molecule has 1 aliphatic carbocycles. The summed E-state index contributed by atoms with van der Waals surface area (Å²) >= 11 is 0. The first-order valence-corrected chi connectivity index (χ1v) is 12.7. The number of aryl methyl sites for hydroxylation is 1. The summed E-state index contributed by atoms with van der Waals surface area (Å²) in [7, 11) is 0. The smallest absolute Gasteiger partial charge is 0.316 e. The monoisotopic (exact) mass is 502 g/mol. The van der Waals surface area contributed by atoms with Crippen LogP contribution in [-0.4, -0.2) is 36.8 Å². The lowest BCUT2D eigenvalue weighted by Crippen LogP contribution is -2.32. The molecule has 0 radical (unpaired) electrons. The molecule has 0 aromatic heterocycles. The quantitative estimate of drug-likeness (QED) is 0.256. The lowest BCUT2D eigenvalue weighted by atomic mass is 9.78. The van der Waals surface area contributed by atoms with Gasteiger partial charge in [0, 0.05) is 13.0 Å². The summed E-state index contributed by atoms with van der Waals surface area (Å²) in [5, 5.41) is 0. The Bertz CT molecular complexity index is 1300. The molecule has 8 heteroatoms. The van der Waals surface area contributed by atoms with Crippen LogP contribution >= 0.6 is 0 Å². The van der Waals surface area contributed by atoms with E-state index in [0.717, 1.165) is 0 Å². The third-order valence-electron chi connectivity index (χ3n) is 7.41. The van der Waals surface area contributed by atoms with Crippen molar-refractivity contribution < 1.29 is 28.7 Å². The molecule has 192 valence electrons. The lowest BCUT2D eigenvalue weighted by Gasteiger charge is -2.22. The van der Waals surface area contributed by atoms with Crippen LogP contribution in [0.1, 0.15) is 32.3 Å². The predicted octanol–water partition coefficient (Wildman–Crippen LogP) is 4.05. The fourth-order valence-electron chi connectivity index (χ4n) is 5.58. The number of carbonyl (C=O) groups excluding carboxylic acids is 4. The van der Waals surface area contributed by atoms with Gasteiger partial charge in [-0.15, -0.1) is 0 Å². The Hall–Kier alpha value is -3.94. The highest BCUT2D eigenvalue weighted by Crippen LogP contribution is 2.42. The zero-order valence-electron chi connectivity index (χ0n) is 21.2. The van der Waals surface area contributed by atoms with Crippen LogP contribution in [0, 0.1) is 30.6 Å². The maximum absolute atomic E-state index is 13.1. The van der Waals surface area contributed by atoms with Gasteiger partial charge < -0.3 is 14.4 Å². The average molecular weight is 503 g/mol. The van der Waals surface area contributed by atoms with Gasteiger partial charge in [0.15, 0.2) is 0 Å².